The number of β-amino-alcohol motifs (C(OH)–C–C–N with tert-alkyl or cyclic N) is 1. The van der Waals surface area contributed by atoms with Gasteiger partial charge in [0.25, 0.3) is 5.91 Å². The zero-order chi connectivity index (χ0) is 16.9. The summed E-state index contributed by atoms with van der Waals surface area (Å²) in [5.74, 6) is 0.445. The van der Waals surface area contributed by atoms with E-state index < -0.39 is 0 Å². The average molecular weight is 349 g/mol. The minimum atomic E-state index is -0.236. The van der Waals surface area contributed by atoms with Crippen LogP contribution in [0.2, 0.25) is 5.02 Å². The van der Waals surface area contributed by atoms with E-state index in [9.17, 15) is 4.79 Å². The number of carbonyl (C=O) groups is 1. The number of aromatic nitrogens is 2. The number of aliphatic hydroxyl groups excluding tert-OH is 1. The number of hydrogen-bond acceptors (Lipinski definition) is 4. The van der Waals surface area contributed by atoms with Crippen molar-refractivity contribution in [1.82, 2.24) is 14.7 Å². The zero-order valence-corrected chi connectivity index (χ0v) is 14.1. The van der Waals surface area contributed by atoms with Crippen molar-refractivity contribution in [2.75, 3.05) is 31.6 Å². The fraction of sp³-hybridized carbons (Fsp3) is 0.412. The highest BCUT2D eigenvalue weighted by atomic mass is 35.5. The predicted octanol–water partition coefficient (Wildman–Crippen LogP) is 2.42. The molecule has 1 saturated heterocycles. The monoisotopic (exact) mass is 348 g/mol. The second-order valence-corrected chi connectivity index (χ2v) is 6.30. The van der Waals surface area contributed by atoms with Crippen LogP contribution in [-0.4, -0.2) is 51.9 Å². The van der Waals surface area contributed by atoms with Gasteiger partial charge in [-0.2, -0.15) is 5.10 Å². The molecule has 7 heteroatoms. The largest absolute Gasteiger partial charge is 0.395 e. The highest BCUT2D eigenvalue weighted by molar-refractivity contribution is 6.34. The SMILES string of the molecule is O=C(Nc1ccnn1C1CCN(CCO)CC1)c1ccccc1Cl. The molecule has 0 saturated carbocycles. The number of likely N-dealkylation sites (tertiary alicyclic amines) is 1. The van der Waals surface area contributed by atoms with Crippen molar-refractivity contribution in [3.63, 3.8) is 0 Å². The standard InChI is InChI=1S/C17H21ClN4O2/c18-15-4-2-1-3-14(15)17(24)20-16-5-8-19-22(16)13-6-9-21(10-7-13)11-12-23/h1-5,8,13,23H,6-7,9-12H2,(H,20,24). The van der Waals surface area contributed by atoms with Gasteiger partial charge >= 0.3 is 0 Å². The Balaban J connectivity index is 1.68. The van der Waals surface area contributed by atoms with Gasteiger partial charge in [0, 0.05) is 25.7 Å². The maximum atomic E-state index is 12.4. The Morgan fingerprint density at radius 1 is 1.29 bits per heavy atom. The minimum Gasteiger partial charge on any atom is -0.395 e. The molecule has 1 aliphatic heterocycles. The van der Waals surface area contributed by atoms with Gasteiger partial charge in [0.05, 0.1) is 29.4 Å². The van der Waals surface area contributed by atoms with E-state index in [0.717, 1.165) is 25.9 Å². The van der Waals surface area contributed by atoms with Gasteiger partial charge in [-0.1, -0.05) is 23.7 Å². The van der Waals surface area contributed by atoms with Crippen molar-refractivity contribution in [3.05, 3.63) is 47.1 Å². The van der Waals surface area contributed by atoms with E-state index in [4.69, 9.17) is 16.7 Å². The van der Waals surface area contributed by atoms with Crippen LogP contribution in [-0.2, 0) is 0 Å². The van der Waals surface area contributed by atoms with Crippen molar-refractivity contribution >= 4 is 23.3 Å². The maximum absolute atomic E-state index is 12.4. The lowest BCUT2D eigenvalue weighted by Gasteiger charge is -2.32. The third-order valence-corrected chi connectivity index (χ3v) is 4.68. The van der Waals surface area contributed by atoms with Gasteiger partial charge in [-0.3, -0.25) is 4.79 Å². The van der Waals surface area contributed by atoms with Crippen LogP contribution in [0.25, 0.3) is 0 Å². The third-order valence-electron chi connectivity index (χ3n) is 4.35. The quantitative estimate of drug-likeness (QED) is 0.870. The molecule has 0 unspecified atom stereocenters. The highest BCUT2D eigenvalue weighted by Gasteiger charge is 2.23. The molecule has 1 fully saturated rings. The molecule has 0 spiro atoms. The summed E-state index contributed by atoms with van der Waals surface area (Å²) >= 11 is 6.08. The van der Waals surface area contributed by atoms with Crippen molar-refractivity contribution in [3.8, 4) is 0 Å². The number of amides is 1. The molecule has 3 rings (SSSR count). The number of aliphatic hydroxyl groups is 1. The maximum Gasteiger partial charge on any atom is 0.258 e. The third kappa shape index (κ3) is 3.77. The van der Waals surface area contributed by atoms with Gasteiger partial charge in [-0.05, 0) is 25.0 Å². The van der Waals surface area contributed by atoms with E-state index in [1.807, 2.05) is 4.68 Å². The zero-order valence-electron chi connectivity index (χ0n) is 13.4. The Kier molecular flexibility index (Phi) is 5.50. The van der Waals surface area contributed by atoms with Gasteiger partial charge in [0.2, 0.25) is 0 Å². The van der Waals surface area contributed by atoms with Crippen LogP contribution in [0.15, 0.2) is 36.5 Å². The summed E-state index contributed by atoms with van der Waals surface area (Å²) in [6, 6.07) is 9.03. The first kappa shape index (κ1) is 17.0. The number of anilines is 1. The van der Waals surface area contributed by atoms with E-state index in [1.54, 1.807) is 36.5 Å². The number of carbonyl (C=O) groups excluding carboxylic acids is 1. The van der Waals surface area contributed by atoms with E-state index >= 15 is 0 Å². The molecule has 2 aromatic rings. The molecule has 24 heavy (non-hydrogen) atoms. The number of nitrogens with one attached hydrogen (secondary N) is 1. The summed E-state index contributed by atoms with van der Waals surface area (Å²) in [4.78, 5) is 14.7. The number of rotatable bonds is 5. The summed E-state index contributed by atoms with van der Waals surface area (Å²) < 4.78 is 1.88. The first-order valence-corrected chi connectivity index (χ1v) is 8.49. The molecule has 1 aromatic carbocycles. The molecule has 1 amide bonds. The lowest BCUT2D eigenvalue weighted by Crippen LogP contribution is -2.37. The van der Waals surface area contributed by atoms with Gasteiger partial charge < -0.3 is 15.3 Å². The van der Waals surface area contributed by atoms with Gasteiger partial charge in [-0.25, -0.2) is 4.68 Å². The Morgan fingerprint density at radius 2 is 2.04 bits per heavy atom. The van der Waals surface area contributed by atoms with Crippen LogP contribution < -0.4 is 5.32 Å². The number of benzene rings is 1. The van der Waals surface area contributed by atoms with E-state index in [1.165, 1.54) is 0 Å². The van der Waals surface area contributed by atoms with E-state index in [-0.39, 0.29) is 18.6 Å². The molecule has 0 radical (unpaired) electrons. The van der Waals surface area contributed by atoms with Crippen LogP contribution in [0.3, 0.4) is 0 Å². The predicted molar refractivity (Wildman–Crippen MR) is 93.4 cm³/mol. The lowest BCUT2D eigenvalue weighted by molar-refractivity contribution is 0.102. The number of piperidine rings is 1. The van der Waals surface area contributed by atoms with Crippen molar-refractivity contribution < 1.29 is 9.90 Å². The van der Waals surface area contributed by atoms with Crippen molar-refractivity contribution in [1.29, 1.82) is 0 Å². The van der Waals surface area contributed by atoms with Crippen LogP contribution >= 0.6 is 11.6 Å². The summed E-state index contributed by atoms with van der Waals surface area (Å²) in [6.45, 7) is 2.74. The number of nitrogens with zero attached hydrogens (tertiary/aromatic N) is 3. The summed E-state index contributed by atoms with van der Waals surface area (Å²) in [7, 11) is 0. The van der Waals surface area contributed by atoms with Crippen LogP contribution in [0, 0.1) is 0 Å². The van der Waals surface area contributed by atoms with E-state index in [0.29, 0.717) is 22.9 Å². The highest BCUT2D eigenvalue weighted by Crippen LogP contribution is 2.26. The summed E-state index contributed by atoms with van der Waals surface area (Å²) in [5, 5.41) is 16.7. The molecule has 128 valence electrons. The van der Waals surface area contributed by atoms with Crippen LogP contribution in [0.1, 0.15) is 29.2 Å². The molecule has 6 nitrogen and oxygen atoms in total. The second-order valence-electron chi connectivity index (χ2n) is 5.89. The molecule has 1 aromatic heterocycles. The minimum absolute atomic E-state index is 0.186. The second kappa shape index (κ2) is 7.79. The first-order valence-electron chi connectivity index (χ1n) is 8.11. The Bertz CT molecular complexity index is 695. The molecule has 0 aliphatic carbocycles. The molecule has 0 bridgehead atoms. The Morgan fingerprint density at radius 3 is 2.75 bits per heavy atom. The molecule has 2 heterocycles. The number of hydrogen-bond donors (Lipinski definition) is 2. The lowest BCUT2D eigenvalue weighted by atomic mass is 10.1. The topological polar surface area (TPSA) is 70.4 Å². The Labute approximate surface area is 146 Å². The molecule has 0 atom stereocenters. The van der Waals surface area contributed by atoms with Crippen molar-refractivity contribution in [2.45, 2.75) is 18.9 Å². The fourth-order valence-corrected chi connectivity index (χ4v) is 3.28. The summed E-state index contributed by atoms with van der Waals surface area (Å²) in [5.41, 5.74) is 0.449. The normalized spacial score (nSPS) is 16.2. The molecule has 1 aliphatic rings. The molecular weight excluding hydrogens is 328 g/mol. The smallest absolute Gasteiger partial charge is 0.258 e. The van der Waals surface area contributed by atoms with Gasteiger partial charge in [0.15, 0.2) is 0 Å². The van der Waals surface area contributed by atoms with Gasteiger partial charge in [-0.15, -0.1) is 0 Å². The first-order chi connectivity index (χ1) is 11.7. The molecule has 2 N–H and O–H groups in total. The van der Waals surface area contributed by atoms with Crippen molar-refractivity contribution in [2.24, 2.45) is 0 Å². The Hall–Kier alpha value is -1.89. The number of halogens is 1. The van der Waals surface area contributed by atoms with E-state index in [2.05, 4.69) is 15.3 Å². The average Bonchev–Trinajstić information content (AvgIpc) is 3.04. The fourth-order valence-electron chi connectivity index (χ4n) is 3.06. The van der Waals surface area contributed by atoms with Crippen LogP contribution in [0.5, 0.6) is 0 Å². The van der Waals surface area contributed by atoms with Gasteiger partial charge in [0.1, 0.15) is 5.82 Å². The molecular formula is C17H21ClN4O2. The summed E-state index contributed by atoms with van der Waals surface area (Å²) in [6.07, 6.45) is 3.58. The van der Waals surface area contributed by atoms with Crippen LogP contribution in [0.4, 0.5) is 5.82 Å².